The van der Waals surface area contributed by atoms with Gasteiger partial charge in [-0.3, -0.25) is 0 Å². The van der Waals surface area contributed by atoms with E-state index in [1.807, 2.05) is 33.2 Å². The maximum absolute atomic E-state index is 11.4. The largest absolute Gasteiger partial charge is 0.485 e. The number of fused-ring (bicyclic) bond motifs is 1. The van der Waals surface area contributed by atoms with E-state index in [9.17, 15) is 4.79 Å². The summed E-state index contributed by atoms with van der Waals surface area (Å²) in [6, 6.07) is 0. The molecule has 20 heavy (non-hydrogen) atoms. The average molecular weight is 273 g/mol. The first kappa shape index (κ1) is 14.4. The van der Waals surface area contributed by atoms with Crippen LogP contribution in [0.1, 0.15) is 13.3 Å². The lowest BCUT2D eigenvalue weighted by Crippen LogP contribution is -2.23. The molecule has 0 N–H and O–H groups in total. The molecular weight excluding hydrogens is 254 g/mol. The summed E-state index contributed by atoms with van der Waals surface area (Å²) in [7, 11) is 4.06. The van der Waals surface area contributed by atoms with Crippen molar-refractivity contribution < 1.29 is 14.3 Å². The van der Waals surface area contributed by atoms with E-state index < -0.39 is 6.10 Å². The fourth-order valence-corrected chi connectivity index (χ4v) is 2.00. The molecule has 4 heteroatoms. The Kier molecular flexibility index (Phi) is 4.65. The fraction of sp³-hybridized carbons (Fsp3) is 0.438. The molecule has 1 unspecified atom stereocenters. The van der Waals surface area contributed by atoms with Gasteiger partial charge in [0.2, 0.25) is 0 Å². The molecule has 0 aromatic heterocycles. The standard InChI is InChI=1S/C16H19NO3/c1-12-11-16(18)20-15-8-6-13(5-7-14(12)15)19-10-4-9-17(2)3/h5,7,11,15H,4,9-10H2,1-3H3. The van der Waals surface area contributed by atoms with Crippen molar-refractivity contribution in [2.75, 3.05) is 27.2 Å². The van der Waals surface area contributed by atoms with Crippen LogP contribution in [-0.4, -0.2) is 44.2 Å². The van der Waals surface area contributed by atoms with Gasteiger partial charge < -0.3 is 14.4 Å². The lowest BCUT2D eigenvalue weighted by atomic mass is 9.99. The minimum atomic E-state index is -0.480. The molecule has 1 aliphatic heterocycles. The quantitative estimate of drug-likeness (QED) is 0.434. The molecule has 106 valence electrons. The van der Waals surface area contributed by atoms with Gasteiger partial charge in [-0.05, 0) is 57.0 Å². The van der Waals surface area contributed by atoms with Gasteiger partial charge in [-0.2, -0.15) is 0 Å². The van der Waals surface area contributed by atoms with Crippen molar-refractivity contribution in [3.05, 3.63) is 35.1 Å². The molecule has 0 aromatic carbocycles. The minimum absolute atomic E-state index is 0.339. The summed E-state index contributed by atoms with van der Waals surface area (Å²) in [4.78, 5) is 13.5. The molecule has 0 aromatic rings. The summed E-state index contributed by atoms with van der Waals surface area (Å²) in [5, 5.41) is 0. The Hall–Kier alpha value is -1.99. The number of hydrogen-bond donors (Lipinski definition) is 0. The number of esters is 1. The normalized spacial score (nSPS) is 20.7. The van der Waals surface area contributed by atoms with Crippen molar-refractivity contribution in [1.82, 2.24) is 4.90 Å². The van der Waals surface area contributed by atoms with Crippen molar-refractivity contribution >= 4 is 5.97 Å². The Morgan fingerprint density at radius 1 is 1.40 bits per heavy atom. The van der Waals surface area contributed by atoms with Crippen molar-refractivity contribution in [2.45, 2.75) is 19.4 Å². The summed E-state index contributed by atoms with van der Waals surface area (Å²) >= 11 is 0. The maximum Gasteiger partial charge on any atom is 0.332 e. The van der Waals surface area contributed by atoms with Gasteiger partial charge in [0.05, 0.1) is 6.61 Å². The van der Waals surface area contributed by atoms with E-state index in [-0.39, 0.29) is 5.97 Å². The van der Waals surface area contributed by atoms with Crippen LogP contribution < -0.4 is 0 Å². The number of carbonyl (C=O) groups excluding carboxylic acids is 1. The zero-order valence-corrected chi connectivity index (χ0v) is 12.1. The number of ether oxygens (including phenoxy) is 2. The van der Waals surface area contributed by atoms with Gasteiger partial charge in [0.15, 0.2) is 11.9 Å². The predicted molar refractivity (Wildman–Crippen MR) is 76.7 cm³/mol. The first-order chi connectivity index (χ1) is 9.56. The number of hydrogen-bond acceptors (Lipinski definition) is 4. The second-order valence-corrected chi connectivity index (χ2v) is 5.07. The molecule has 2 rings (SSSR count). The van der Waals surface area contributed by atoms with Crippen LogP contribution in [0.15, 0.2) is 35.1 Å². The first-order valence-corrected chi connectivity index (χ1v) is 6.66. The summed E-state index contributed by atoms with van der Waals surface area (Å²) in [5.74, 6) is 6.15. The van der Waals surface area contributed by atoms with Crippen LogP contribution in [-0.2, 0) is 14.3 Å². The van der Waals surface area contributed by atoms with Crippen molar-refractivity contribution in [3.63, 3.8) is 0 Å². The third kappa shape index (κ3) is 3.75. The first-order valence-electron chi connectivity index (χ1n) is 6.66. The van der Waals surface area contributed by atoms with Gasteiger partial charge in [-0.15, -0.1) is 0 Å². The van der Waals surface area contributed by atoms with Gasteiger partial charge in [0, 0.05) is 18.2 Å². The van der Waals surface area contributed by atoms with Crippen molar-refractivity contribution in [3.8, 4) is 11.8 Å². The highest BCUT2D eigenvalue weighted by molar-refractivity contribution is 5.86. The van der Waals surface area contributed by atoms with Gasteiger partial charge in [-0.25, -0.2) is 4.79 Å². The Morgan fingerprint density at radius 2 is 2.20 bits per heavy atom. The molecule has 0 saturated heterocycles. The lowest BCUT2D eigenvalue weighted by molar-refractivity contribution is -0.139. The van der Waals surface area contributed by atoms with Gasteiger partial charge in [0.1, 0.15) is 0 Å². The fourth-order valence-electron chi connectivity index (χ4n) is 2.00. The highest BCUT2D eigenvalue weighted by atomic mass is 16.5. The molecule has 2 aliphatic rings. The monoisotopic (exact) mass is 273 g/mol. The average Bonchev–Trinajstić information content (AvgIpc) is 2.57. The SMILES string of the molecule is CC1=CC(=O)OC2C#CC(OCCCN(C)C)=CC=C12. The van der Waals surface area contributed by atoms with E-state index in [2.05, 4.69) is 16.7 Å². The summed E-state index contributed by atoms with van der Waals surface area (Å²) in [6.07, 6.45) is 5.69. The Balaban J connectivity index is 1.99. The summed E-state index contributed by atoms with van der Waals surface area (Å²) < 4.78 is 10.8. The van der Waals surface area contributed by atoms with E-state index in [0.717, 1.165) is 24.1 Å². The number of nitrogens with zero attached hydrogens (tertiary/aromatic N) is 1. The highest BCUT2D eigenvalue weighted by Crippen LogP contribution is 2.23. The van der Waals surface area contributed by atoms with Crippen LogP contribution in [0.2, 0.25) is 0 Å². The molecule has 4 nitrogen and oxygen atoms in total. The van der Waals surface area contributed by atoms with E-state index in [4.69, 9.17) is 9.47 Å². The van der Waals surface area contributed by atoms with E-state index in [1.165, 1.54) is 6.08 Å². The Morgan fingerprint density at radius 3 is 2.95 bits per heavy atom. The third-order valence-corrected chi connectivity index (χ3v) is 3.05. The lowest BCUT2D eigenvalue weighted by Gasteiger charge is -2.19. The number of allylic oxidation sites excluding steroid dienone is 3. The van der Waals surface area contributed by atoms with Crippen molar-refractivity contribution in [1.29, 1.82) is 0 Å². The van der Waals surface area contributed by atoms with Gasteiger partial charge >= 0.3 is 5.97 Å². The molecule has 1 atom stereocenters. The topological polar surface area (TPSA) is 38.8 Å². The summed E-state index contributed by atoms with van der Waals surface area (Å²) in [6.45, 7) is 3.49. The summed E-state index contributed by atoms with van der Waals surface area (Å²) in [5.41, 5.74) is 1.81. The van der Waals surface area contributed by atoms with Gasteiger partial charge in [0.25, 0.3) is 0 Å². The second kappa shape index (κ2) is 6.44. The molecule has 0 spiro atoms. The van der Waals surface area contributed by atoms with Crippen LogP contribution in [0, 0.1) is 11.8 Å². The number of carbonyl (C=O) groups is 1. The molecule has 0 saturated carbocycles. The zero-order valence-electron chi connectivity index (χ0n) is 12.1. The van der Waals surface area contributed by atoms with Crippen LogP contribution in [0.4, 0.5) is 0 Å². The molecule has 0 amide bonds. The van der Waals surface area contributed by atoms with Crippen LogP contribution in [0.3, 0.4) is 0 Å². The van der Waals surface area contributed by atoms with Gasteiger partial charge in [-0.1, -0.05) is 0 Å². The van der Waals surface area contributed by atoms with Crippen LogP contribution in [0.5, 0.6) is 0 Å². The maximum atomic E-state index is 11.4. The van der Waals surface area contributed by atoms with E-state index in [1.54, 1.807) is 0 Å². The Labute approximate surface area is 119 Å². The van der Waals surface area contributed by atoms with Crippen LogP contribution in [0.25, 0.3) is 0 Å². The molecule has 0 bridgehead atoms. The smallest absolute Gasteiger partial charge is 0.332 e. The highest BCUT2D eigenvalue weighted by Gasteiger charge is 2.23. The third-order valence-electron chi connectivity index (χ3n) is 3.05. The molecule has 1 aliphatic carbocycles. The Bertz CT molecular complexity index is 544. The second-order valence-electron chi connectivity index (χ2n) is 5.07. The van der Waals surface area contributed by atoms with Crippen LogP contribution >= 0.6 is 0 Å². The van der Waals surface area contributed by atoms with Crippen molar-refractivity contribution in [2.24, 2.45) is 0 Å². The molecular formula is C16H19NO3. The number of rotatable bonds is 5. The van der Waals surface area contributed by atoms with E-state index in [0.29, 0.717) is 12.4 Å². The molecule has 1 heterocycles. The van der Waals surface area contributed by atoms with E-state index >= 15 is 0 Å². The minimum Gasteiger partial charge on any atom is -0.485 e. The molecule has 0 fully saturated rings. The molecule has 0 radical (unpaired) electrons. The predicted octanol–water partition coefficient (Wildman–Crippen LogP) is 1.65. The zero-order chi connectivity index (χ0) is 14.5.